The highest BCUT2D eigenvalue weighted by atomic mass is 28.5. The molecule has 0 saturated heterocycles. The molecule has 0 saturated carbocycles. The van der Waals surface area contributed by atoms with Crippen LogP contribution in [-0.4, -0.2) is 25.2 Å². The lowest BCUT2D eigenvalue weighted by Crippen LogP contribution is -2.69. The van der Waals surface area contributed by atoms with E-state index in [-0.39, 0.29) is 0 Å². The van der Waals surface area contributed by atoms with Crippen LogP contribution in [-0.2, 0) is 8.23 Å². The van der Waals surface area contributed by atoms with Crippen molar-refractivity contribution in [3.63, 3.8) is 0 Å². The van der Waals surface area contributed by atoms with Gasteiger partial charge in [0, 0.05) is 0 Å². The van der Waals surface area contributed by atoms with Crippen molar-refractivity contribution in [1.29, 1.82) is 0 Å². The topological polar surface area (TPSA) is 18.5 Å². The molecule has 5 heteroatoms. The highest BCUT2D eigenvalue weighted by molar-refractivity contribution is 7.08. The van der Waals surface area contributed by atoms with Gasteiger partial charge in [-0.15, -0.1) is 13.2 Å². The SMILES string of the molecule is C=C[Si](O[Si](C)(C)O[Si](C=C)(c1ccccc1)c1ccccc1)(c1ccccc1)c1ccccc1. The molecule has 0 heterocycles. The zero-order valence-corrected chi connectivity index (χ0v) is 23.4. The van der Waals surface area contributed by atoms with Gasteiger partial charge in [-0.1, -0.05) is 133 Å². The predicted molar refractivity (Wildman–Crippen MR) is 156 cm³/mol. The number of hydrogen-bond acceptors (Lipinski definition) is 2. The summed E-state index contributed by atoms with van der Waals surface area (Å²) in [5.41, 5.74) is 4.08. The van der Waals surface area contributed by atoms with Crippen molar-refractivity contribution >= 4 is 45.9 Å². The van der Waals surface area contributed by atoms with E-state index in [1.807, 2.05) is 35.7 Å². The van der Waals surface area contributed by atoms with E-state index in [2.05, 4.69) is 123 Å². The van der Waals surface area contributed by atoms with Crippen molar-refractivity contribution in [2.24, 2.45) is 0 Å². The minimum absolute atomic E-state index is 1.16. The van der Waals surface area contributed by atoms with Crippen LogP contribution >= 0.6 is 0 Å². The smallest absolute Gasteiger partial charge is 0.312 e. The van der Waals surface area contributed by atoms with E-state index in [0.29, 0.717) is 0 Å². The molecule has 0 bridgehead atoms. The molecule has 0 aromatic heterocycles. The molecule has 176 valence electrons. The van der Waals surface area contributed by atoms with Crippen LogP contribution in [0.15, 0.2) is 146 Å². The Labute approximate surface area is 212 Å². The summed E-state index contributed by atoms with van der Waals surface area (Å²) in [6.07, 6.45) is 0. The number of hydrogen-bond donors (Lipinski definition) is 0. The van der Waals surface area contributed by atoms with Crippen molar-refractivity contribution in [2.45, 2.75) is 13.1 Å². The lowest BCUT2D eigenvalue weighted by Gasteiger charge is -2.42. The van der Waals surface area contributed by atoms with Crippen LogP contribution in [0.4, 0.5) is 0 Å². The average molecular weight is 509 g/mol. The maximum Gasteiger partial charge on any atom is 0.312 e. The molecule has 2 nitrogen and oxygen atoms in total. The van der Waals surface area contributed by atoms with Gasteiger partial charge in [0.25, 0.3) is 16.6 Å². The molecule has 0 spiro atoms. The molecule has 0 amide bonds. The van der Waals surface area contributed by atoms with Gasteiger partial charge in [-0.05, 0) is 33.8 Å². The van der Waals surface area contributed by atoms with Gasteiger partial charge in [0.15, 0.2) is 0 Å². The largest absolute Gasteiger partial charge is 0.426 e. The first-order chi connectivity index (χ1) is 17.0. The summed E-state index contributed by atoms with van der Waals surface area (Å²) in [7, 11) is -8.33. The van der Waals surface area contributed by atoms with Crippen LogP contribution in [0.2, 0.25) is 13.1 Å². The van der Waals surface area contributed by atoms with E-state index in [1.54, 1.807) is 0 Å². The molecule has 0 unspecified atom stereocenters. The molecule has 0 N–H and O–H groups in total. The van der Waals surface area contributed by atoms with Crippen molar-refractivity contribution in [3.05, 3.63) is 146 Å². The Bertz CT molecular complexity index is 1070. The van der Waals surface area contributed by atoms with E-state index in [4.69, 9.17) is 8.23 Å². The molecule has 0 aliphatic carbocycles. The molecule has 0 atom stereocenters. The molecule has 0 aliphatic rings. The Hall–Kier alpha value is -3.07. The molecular weight excluding hydrogens is 477 g/mol. The van der Waals surface area contributed by atoms with Gasteiger partial charge in [-0.2, -0.15) is 0 Å². The average Bonchev–Trinajstić information content (AvgIpc) is 2.92. The van der Waals surface area contributed by atoms with Crippen LogP contribution in [0.5, 0.6) is 0 Å². The van der Waals surface area contributed by atoms with Crippen LogP contribution in [0, 0.1) is 0 Å². The Balaban J connectivity index is 1.83. The molecule has 35 heavy (non-hydrogen) atoms. The van der Waals surface area contributed by atoms with E-state index in [0.717, 1.165) is 20.7 Å². The molecular formula is C30H32O2Si3. The Morgan fingerprint density at radius 3 is 0.886 bits per heavy atom. The third-order valence-electron chi connectivity index (χ3n) is 6.20. The summed E-state index contributed by atoms with van der Waals surface area (Å²) in [6.45, 7) is 12.9. The summed E-state index contributed by atoms with van der Waals surface area (Å²) in [5, 5.41) is 4.65. The summed E-state index contributed by atoms with van der Waals surface area (Å²) in [6, 6.07) is 41.9. The molecule has 0 aliphatic heterocycles. The predicted octanol–water partition coefficient (Wildman–Crippen LogP) is 4.69. The third-order valence-corrected chi connectivity index (χ3v) is 18.6. The Morgan fingerprint density at radius 1 is 0.457 bits per heavy atom. The van der Waals surface area contributed by atoms with Gasteiger partial charge >= 0.3 is 8.56 Å². The highest BCUT2D eigenvalue weighted by Crippen LogP contribution is 2.23. The molecule has 4 rings (SSSR count). The third kappa shape index (κ3) is 5.15. The van der Waals surface area contributed by atoms with Crippen molar-refractivity contribution in [3.8, 4) is 0 Å². The minimum atomic E-state index is -2.78. The van der Waals surface area contributed by atoms with Crippen LogP contribution in [0.3, 0.4) is 0 Å². The quantitative estimate of drug-likeness (QED) is 0.289. The summed E-state index contributed by atoms with van der Waals surface area (Å²) < 4.78 is 14.5. The molecule has 4 aromatic carbocycles. The van der Waals surface area contributed by atoms with Gasteiger partial charge in [0.2, 0.25) is 0 Å². The summed E-state index contributed by atoms with van der Waals surface area (Å²) >= 11 is 0. The van der Waals surface area contributed by atoms with Crippen molar-refractivity contribution in [2.75, 3.05) is 0 Å². The molecule has 0 radical (unpaired) electrons. The van der Waals surface area contributed by atoms with E-state index in [1.165, 1.54) is 0 Å². The maximum atomic E-state index is 7.27. The fourth-order valence-corrected chi connectivity index (χ4v) is 18.3. The summed E-state index contributed by atoms with van der Waals surface area (Å²) in [5.74, 6) is 0. The molecule has 4 aromatic rings. The van der Waals surface area contributed by atoms with Crippen LogP contribution in [0.1, 0.15) is 0 Å². The second-order valence-electron chi connectivity index (χ2n) is 8.95. The first kappa shape index (κ1) is 25.0. The minimum Gasteiger partial charge on any atom is -0.426 e. The van der Waals surface area contributed by atoms with Gasteiger partial charge in [-0.3, -0.25) is 0 Å². The van der Waals surface area contributed by atoms with Crippen LogP contribution in [0.25, 0.3) is 0 Å². The van der Waals surface area contributed by atoms with E-state index >= 15 is 0 Å². The Morgan fingerprint density at radius 2 is 0.686 bits per heavy atom. The lowest BCUT2D eigenvalue weighted by molar-refractivity contribution is 0.410. The van der Waals surface area contributed by atoms with Gasteiger partial charge in [0.1, 0.15) is 0 Å². The maximum absolute atomic E-state index is 7.27. The second-order valence-corrected chi connectivity index (χ2v) is 19.4. The zero-order chi connectivity index (χ0) is 24.8. The van der Waals surface area contributed by atoms with Crippen molar-refractivity contribution < 1.29 is 8.23 Å². The standard InChI is InChI=1S/C30H32O2Si3/c1-5-34(27-19-11-7-12-20-27,28-21-13-8-14-22-28)31-33(3,4)32-35(6-2,29-23-15-9-16-24-29)30-25-17-10-18-26-30/h5-26H,1-2H2,3-4H3. The highest BCUT2D eigenvalue weighted by Gasteiger charge is 2.48. The van der Waals surface area contributed by atoms with E-state index < -0.39 is 25.2 Å². The van der Waals surface area contributed by atoms with Gasteiger partial charge in [0.05, 0.1) is 0 Å². The van der Waals surface area contributed by atoms with E-state index in [9.17, 15) is 0 Å². The lowest BCUT2D eigenvalue weighted by atomic mass is 10.4. The first-order valence-electron chi connectivity index (χ1n) is 11.9. The fourth-order valence-electron chi connectivity index (χ4n) is 4.66. The second kappa shape index (κ2) is 10.7. The zero-order valence-electron chi connectivity index (χ0n) is 20.4. The fraction of sp³-hybridized carbons (Fsp3) is 0.0667. The number of benzene rings is 4. The normalized spacial score (nSPS) is 12.2. The van der Waals surface area contributed by atoms with Gasteiger partial charge in [-0.25, -0.2) is 0 Å². The van der Waals surface area contributed by atoms with Gasteiger partial charge < -0.3 is 8.23 Å². The molecule has 0 fully saturated rings. The summed E-state index contributed by atoms with van der Waals surface area (Å²) in [4.78, 5) is 0. The first-order valence-corrected chi connectivity index (χ1v) is 18.6. The number of rotatable bonds is 10. The monoisotopic (exact) mass is 508 g/mol. The van der Waals surface area contributed by atoms with Crippen LogP contribution < -0.4 is 20.7 Å². The Kier molecular flexibility index (Phi) is 7.64. The van der Waals surface area contributed by atoms with Crippen molar-refractivity contribution in [1.82, 2.24) is 0 Å².